The van der Waals surface area contributed by atoms with Gasteiger partial charge in [-0.25, -0.2) is 0 Å². The van der Waals surface area contributed by atoms with E-state index in [-0.39, 0.29) is 5.91 Å². The van der Waals surface area contributed by atoms with E-state index in [0.29, 0.717) is 22.8 Å². The van der Waals surface area contributed by atoms with Crippen LogP contribution in [0.3, 0.4) is 0 Å². The fourth-order valence-corrected chi connectivity index (χ4v) is 3.31. The van der Waals surface area contributed by atoms with E-state index >= 15 is 0 Å². The van der Waals surface area contributed by atoms with Gasteiger partial charge in [-0.1, -0.05) is 11.6 Å². The molecule has 2 rings (SSSR count). The Morgan fingerprint density at radius 1 is 1.47 bits per heavy atom. The van der Waals surface area contributed by atoms with E-state index in [9.17, 15) is 4.79 Å². The molecule has 1 aromatic heterocycles. The lowest BCUT2D eigenvalue weighted by atomic mass is 10.2. The van der Waals surface area contributed by atoms with Gasteiger partial charge in [0.1, 0.15) is 0 Å². The van der Waals surface area contributed by atoms with Crippen molar-refractivity contribution in [3.63, 3.8) is 0 Å². The molecule has 0 saturated heterocycles. The van der Waals surface area contributed by atoms with E-state index in [2.05, 4.69) is 15.9 Å². The summed E-state index contributed by atoms with van der Waals surface area (Å²) in [5, 5.41) is 2.39. The minimum atomic E-state index is -0.0774. The third-order valence-electron chi connectivity index (χ3n) is 2.61. The van der Waals surface area contributed by atoms with Crippen LogP contribution in [-0.4, -0.2) is 17.9 Å². The Morgan fingerprint density at radius 3 is 2.79 bits per heavy atom. The van der Waals surface area contributed by atoms with Crippen molar-refractivity contribution in [2.75, 3.05) is 12.8 Å². The molecule has 0 aliphatic carbocycles. The molecule has 0 radical (unpaired) electrons. The quantitative estimate of drug-likeness (QED) is 0.841. The van der Waals surface area contributed by atoms with Gasteiger partial charge in [-0.3, -0.25) is 4.79 Å². The van der Waals surface area contributed by atoms with Crippen LogP contribution in [0.25, 0.3) is 0 Å². The molecule has 1 aromatic carbocycles. The number of nitrogens with two attached hydrogens (primary N) is 1. The Bertz CT molecular complexity index is 614. The molecule has 0 unspecified atom stereocenters. The monoisotopic (exact) mass is 358 g/mol. The Labute approximate surface area is 129 Å². The number of carbonyl (C=O) groups excluding carboxylic acids is 1. The minimum Gasteiger partial charge on any atom is -0.398 e. The molecule has 0 aliphatic rings. The summed E-state index contributed by atoms with van der Waals surface area (Å²) in [6.07, 6.45) is 0. The van der Waals surface area contributed by atoms with Gasteiger partial charge < -0.3 is 10.6 Å². The molecule has 2 aromatic rings. The summed E-state index contributed by atoms with van der Waals surface area (Å²) in [5.41, 5.74) is 6.65. The van der Waals surface area contributed by atoms with E-state index in [1.54, 1.807) is 41.5 Å². The maximum absolute atomic E-state index is 12.2. The second-order valence-electron chi connectivity index (χ2n) is 4.13. The largest absolute Gasteiger partial charge is 0.398 e. The highest BCUT2D eigenvalue weighted by Crippen LogP contribution is 2.23. The van der Waals surface area contributed by atoms with Gasteiger partial charge >= 0.3 is 0 Å². The van der Waals surface area contributed by atoms with Crippen LogP contribution in [-0.2, 0) is 6.54 Å². The average Bonchev–Trinajstić information content (AvgIpc) is 2.77. The molecule has 1 amide bonds. The van der Waals surface area contributed by atoms with Gasteiger partial charge in [-0.2, -0.15) is 0 Å². The molecule has 0 saturated carbocycles. The van der Waals surface area contributed by atoms with Gasteiger partial charge in [-0.05, 0) is 40.2 Å². The lowest BCUT2D eigenvalue weighted by Crippen LogP contribution is -2.25. The number of anilines is 1. The first-order valence-electron chi connectivity index (χ1n) is 5.51. The van der Waals surface area contributed by atoms with Crippen LogP contribution < -0.4 is 5.73 Å². The lowest BCUT2D eigenvalue weighted by molar-refractivity contribution is 0.0786. The number of halogens is 2. The van der Waals surface area contributed by atoms with Crippen LogP contribution in [0.15, 0.2) is 34.1 Å². The van der Waals surface area contributed by atoms with Crippen LogP contribution in [0.2, 0.25) is 5.02 Å². The van der Waals surface area contributed by atoms with Gasteiger partial charge in [0.15, 0.2) is 0 Å². The molecule has 0 aliphatic heterocycles. The van der Waals surface area contributed by atoms with Gasteiger partial charge in [-0.15, -0.1) is 11.3 Å². The highest BCUT2D eigenvalue weighted by Gasteiger charge is 2.14. The normalized spacial score (nSPS) is 10.5. The van der Waals surface area contributed by atoms with Gasteiger partial charge in [0.2, 0.25) is 0 Å². The molecule has 0 atom stereocenters. The molecular formula is C13H12BrClN2OS. The Morgan fingerprint density at radius 2 is 2.21 bits per heavy atom. The fraction of sp³-hybridized carbons (Fsp3) is 0.154. The number of nitrogens with zero attached hydrogens (tertiary/aromatic N) is 1. The van der Waals surface area contributed by atoms with Crippen molar-refractivity contribution in [2.45, 2.75) is 6.54 Å². The number of benzene rings is 1. The highest BCUT2D eigenvalue weighted by atomic mass is 79.9. The zero-order chi connectivity index (χ0) is 14.0. The fourth-order valence-electron chi connectivity index (χ4n) is 1.62. The summed E-state index contributed by atoms with van der Waals surface area (Å²) in [7, 11) is 1.76. The average molecular weight is 360 g/mol. The topological polar surface area (TPSA) is 46.3 Å². The first kappa shape index (κ1) is 14.4. The predicted molar refractivity (Wildman–Crippen MR) is 83.7 cm³/mol. The second kappa shape index (κ2) is 5.94. The second-order valence-corrected chi connectivity index (χ2v) is 6.45. The summed E-state index contributed by atoms with van der Waals surface area (Å²) in [6, 6.07) is 6.93. The number of thiophene rings is 1. The molecule has 100 valence electrons. The standard InChI is InChI=1S/C13H12BrClN2OS/c1-17(6-10-5-9(14)7-19-10)13(18)8-2-3-12(16)11(15)4-8/h2-5,7H,6,16H2,1H3. The van der Waals surface area contributed by atoms with E-state index in [1.807, 2.05) is 11.4 Å². The minimum absolute atomic E-state index is 0.0774. The zero-order valence-electron chi connectivity index (χ0n) is 10.2. The molecule has 2 N–H and O–H groups in total. The maximum atomic E-state index is 12.2. The molecule has 6 heteroatoms. The third-order valence-corrected chi connectivity index (χ3v) is 4.62. The van der Waals surface area contributed by atoms with Crippen molar-refractivity contribution < 1.29 is 4.79 Å². The van der Waals surface area contributed by atoms with Crippen molar-refractivity contribution in [1.82, 2.24) is 4.90 Å². The van der Waals surface area contributed by atoms with E-state index in [0.717, 1.165) is 9.35 Å². The van der Waals surface area contributed by atoms with Gasteiger partial charge in [0.05, 0.1) is 17.3 Å². The molecule has 19 heavy (non-hydrogen) atoms. The first-order chi connectivity index (χ1) is 8.97. The van der Waals surface area contributed by atoms with Gasteiger partial charge in [0.25, 0.3) is 5.91 Å². The zero-order valence-corrected chi connectivity index (χ0v) is 13.3. The number of carbonyl (C=O) groups is 1. The summed E-state index contributed by atoms with van der Waals surface area (Å²) < 4.78 is 1.03. The van der Waals surface area contributed by atoms with Crippen molar-refractivity contribution in [3.05, 3.63) is 49.6 Å². The van der Waals surface area contributed by atoms with Crippen molar-refractivity contribution in [2.24, 2.45) is 0 Å². The predicted octanol–water partition coefficient (Wildman–Crippen LogP) is 4.02. The summed E-state index contributed by atoms with van der Waals surface area (Å²) in [5.74, 6) is -0.0774. The number of amides is 1. The molecule has 0 spiro atoms. The first-order valence-corrected chi connectivity index (χ1v) is 7.56. The maximum Gasteiger partial charge on any atom is 0.253 e. The highest BCUT2D eigenvalue weighted by molar-refractivity contribution is 9.10. The Hall–Kier alpha value is -1.04. The van der Waals surface area contributed by atoms with Gasteiger partial charge in [0, 0.05) is 27.3 Å². The molecule has 1 heterocycles. The van der Waals surface area contributed by atoms with E-state index < -0.39 is 0 Å². The Balaban J connectivity index is 2.12. The number of nitrogen functional groups attached to an aromatic ring is 1. The van der Waals surface area contributed by atoms with Crippen LogP contribution in [0, 0.1) is 0 Å². The number of hydrogen-bond acceptors (Lipinski definition) is 3. The van der Waals surface area contributed by atoms with Crippen molar-refractivity contribution in [1.29, 1.82) is 0 Å². The summed E-state index contributed by atoms with van der Waals surface area (Å²) in [4.78, 5) is 15.0. The number of hydrogen-bond donors (Lipinski definition) is 1. The third kappa shape index (κ3) is 3.49. The molecule has 0 fully saturated rings. The van der Waals surface area contributed by atoms with E-state index in [1.165, 1.54) is 0 Å². The van der Waals surface area contributed by atoms with Crippen molar-refractivity contribution in [3.8, 4) is 0 Å². The summed E-state index contributed by atoms with van der Waals surface area (Å²) >= 11 is 10.9. The number of rotatable bonds is 3. The molecule has 0 bridgehead atoms. The van der Waals surface area contributed by atoms with E-state index in [4.69, 9.17) is 17.3 Å². The van der Waals surface area contributed by atoms with Crippen LogP contribution in [0.1, 0.15) is 15.2 Å². The smallest absolute Gasteiger partial charge is 0.253 e. The lowest BCUT2D eigenvalue weighted by Gasteiger charge is -2.16. The molecular weight excluding hydrogens is 348 g/mol. The molecule has 3 nitrogen and oxygen atoms in total. The summed E-state index contributed by atoms with van der Waals surface area (Å²) in [6.45, 7) is 0.567. The van der Waals surface area contributed by atoms with Crippen LogP contribution >= 0.6 is 38.9 Å². The SMILES string of the molecule is CN(Cc1cc(Br)cs1)C(=O)c1ccc(N)c(Cl)c1. The van der Waals surface area contributed by atoms with Crippen LogP contribution in [0.4, 0.5) is 5.69 Å². The van der Waals surface area contributed by atoms with Crippen LogP contribution in [0.5, 0.6) is 0 Å². The Kier molecular flexibility index (Phi) is 4.50. The van der Waals surface area contributed by atoms with Crippen molar-refractivity contribution >= 4 is 50.5 Å².